The van der Waals surface area contributed by atoms with E-state index in [1.165, 1.54) is 41.1 Å². The van der Waals surface area contributed by atoms with E-state index in [4.69, 9.17) is 0 Å². The van der Waals surface area contributed by atoms with Gasteiger partial charge in [0.05, 0.1) is 21.7 Å². The normalized spacial score (nSPS) is 11.1. The zero-order valence-electron chi connectivity index (χ0n) is 17.3. The largest absolute Gasteiger partial charge is 0.298 e. The SMILES string of the molecule is O=C(Nc1nc2ccc([N+](=O)[O-])cc2s1)c1cc2cccnc2n(Cc2ccccc2F)c1=O. The third-order valence-electron chi connectivity index (χ3n) is 5.18. The molecule has 9 nitrogen and oxygen atoms in total. The van der Waals surface area contributed by atoms with Gasteiger partial charge in [-0.25, -0.2) is 14.4 Å². The second-order valence-electron chi connectivity index (χ2n) is 7.34. The minimum absolute atomic E-state index is 0.0907. The molecule has 168 valence electrons. The Bertz CT molecular complexity index is 1660. The maximum atomic E-state index is 14.3. The Labute approximate surface area is 194 Å². The number of rotatable bonds is 5. The van der Waals surface area contributed by atoms with Gasteiger partial charge in [-0.1, -0.05) is 29.5 Å². The molecule has 0 saturated heterocycles. The van der Waals surface area contributed by atoms with Crippen molar-refractivity contribution in [3.63, 3.8) is 0 Å². The van der Waals surface area contributed by atoms with E-state index in [1.54, 1.807) is 30.3 Å². The number of aromatic nitrogens is 3. The number of carbonyl (C=O) groups is 1. The second-order valence-corrected chi connectivity index (χ2v) is 8.37. The highest BCUT2D eigenvalue weighted by atomic mass is 32.1. The molecular weight excluding hydrogens is 461 g/mol. The zero-order chi connectivity index (χ0) is 23.8. The maximum absolute atomic E-state index is 14.3. The Balaban J connectivity index is 1.54. The van der Waals surface area contributed by atoms with Crippen LogP contribution in [0.2, 0.25) is 0 Å². The Morgan fingerprint density at radius 2 is 1.97 bits per heavy atom. The lowest BCUT2D eigenvalue weighted by Gasteiger charge is -2.12. The first-order valence-electron chi connectivity index (χ1n) is 9.99. The molecule has 0 aliphatic carbocycles. The highest BCUT2D eigenvalue weighted by Crippen LogP contribution is 2.29. The fourth-order valence-corrected chi connectivity index (χ4v) is 4.45. The summed E-state index contributed by atoms with van der Waals surface area (Å²) in [6, 6.07) is 15.0. The molecular formula is C23H14FN5O4S. The number of pyridine rings is 2. The van der Waals surface area contributed by atoms with Crippen molar-refractivity contribution in [2.75, 3.05) is 5.32 Å². The van der Waals surface area contributed by atoms with E-state index in [-0.39, 0.29) is 28.5 Å². The minimum atomic E-state index is -0.702. The number of thiazole rings is 1. The molecule has 0 aliphatic heterocycles. The summed E-state index contributed by atoms with van der Waals surface area (Å²) < 4.78 is 16.0. The van der Waals surface area contributed by atoms with Gasteiger partial charge in [0, 0.05) is 29.3 Å². The van der Waals surface area contributed by atoms with Crippen LogP contribution in [0.5, 0.6) is 0 Å². The number of nitro groups is 1. The number of carbonyl (C=O) groups excluding carboxylic acids is 1. The van der Waals surface area contributed by atoms with E-state index in [0.717, 1.165) is 11.3 Å². The molecule has 0 aliphatic rings. The zero-order valence-corrected chi connectivity index (χ0v) is 18.1. The van der Waals surface area contributed by atoms with Crippen LogP contribution in [0.1, 0.15) is 15.9 Å². The summed E-state index contributed by atoms with van der Waals surface area (Å²) in [4.78, 5) is 45.3. The predicted molar refractivity (Wildman–Crippen MR) is 126 cm³/mol. The summed E-state index contributed by atoms with van der Waals surface area (Å²) in [6.45, 7) is -0.106. The van der Waals surface area contributed by atoms with Gasteiger partial charge in [-0.3, -0.25) is 29.6 Å². The number of nitrogens with zero attached hydrogens (tertiary/aromatic N) is 4. The average molecular weight is 475 g/mol. The van der Waals surface area contributed by atoms with Gasteiger partial charge in [0.2, 0.25) is 0 Å². The van der Waals surface area contributed by atoms with Crippen LogP contribution in [-0.2, 0) is 6.54 Å². The van der Waals surface area contributed by atoms with E-state index >= 15 is 0 Å². The molecule has 0 atom stereocenters. The summed E-state index contributed by atoms with van der Waals surface area (Å²) in [5.41, 5.74) is 0.185. The summed E-state index contributed by atoms with van der Waals surface area (Å²) in [6.07, 6.45) is 1.51. The number of fused-ring (bicyclic) bond motifs is 2. The molecule has 3 aromatic heterocycles. The molecule has 0 fully saturated rings. The fraction of sp³-hybridized carbons (Fsp3) is 0.0435. The number of hydrogen-bond acceptors (Lipinski definition) is 7. The van der Waals surface area contributed by atoms with Crippen molar-refractivity contribution in [2.45, 2.75) is 6.54 Å². The minimum Gasteiger partial charge on any atom is -0.298 e. The van der Waals surface area contributed by atoms with Crippen LogP contribution >= 0.6 is 11.3 Å². The Morgan fingerprint density at radius 3 is 2.76 bits per heavy atom. The molecule has 0 radical (unpaired) electrons. The third kappa shape index (κ3) is 3.88. The molecule has 0 bridgehead atoms. The number of anilines is 1. The van der Waals surface area contributed by atoms with Crippen LogP contribution in [0.4, 0.5) is 15.2 Å². The van der Waals surface area contributed by atoms with Gasteiger partial charge in [0.1, 0.15) is 17.0 Å². The Morgan fingerprint density at radius 1 is 1.15 bits per heavy atom. The number of benzene rings is 2. The summed E-state index contributed by atoms with van der Waals surface area (Å²) in [5.74, 6) is -1.18. The summed E-state index contributed by atoms with van der Waals surface area (Å²) in [5, 5.41) is 14.3. The van der Waals surface area contributed by atoms with Crippen molar-refractivity contribution < 1.29 is 14.1 Å². The molecule has 5 aromatic rings. The first kappa shape index (κ1) is 21.3. The van der Waals surface area contributed by atoms with Gasteiger partial charge in [0.25, 0.3) is 17.2 Å². The number of nitrogens with one attached hydrogen (secondary N) is 1. The van der Waals surface area contributed by atoms with Crippen LogP contribution < -0.4 is 10.9 Å². The van der Waals surface area contributed by atoms with E-state index in [1.807, 2.05) is 0 Å². The topological polar surface area (TPSA) is 120 Å². The van der Waals surface area contributed by atoms with E-state index in [9.17, 15) is 24.1 Å². The van der Waals surface area contributed by atoms with E-state index in [2.05, 4.69) is 15.3 Å². The van der Waals surface area contributed by atoms with Crippen LogP contribution in [0.15, 0.2) is 71.7 Å². The van der Waals surface area contributed by atoms with E-state index < -0.39 is 22.2 Å². The van der Waals surface area contributed by atoms with Crippen LogP contribution in [-0.4, -0.2) is 25.4 Å². The molecule has 1 N–H and O–H groups in total. The fourth-order valence-electron chi connectivity index (χ4n) is 3.56. The van der Waals surface area contributed by atoms with Crippen LogP contribution in [0, 0.1) is 15.9 Å². The monoisotopic (exact) mass is 475 g/mol. The predicted octanol–water partition coefficient (Wildman–Crippen LogP) is 4.35. The van der Waals surface area contributed by atoms with Crippen LogP contribution in [0.25, 0.3) is 21.3 Å². The van der Waals surface area contributed by atoms with Gasteiger partial charge in [-0.05, 0) is 30.3 Å². The van der Waals surface area contributed by atoms with Crippen molar-refractivity contribution in [2.24, 2.45) is 0 Å². The van der Waals surface area contributed by atoms with Crippen molar-refractivity contribution in [3.8, 4) is 0 Å². The molecule has 0 spiro atoms. The lowest BCUT2D eigenvalue weighted by atomic mass is 10.1. The summed E-state index contributed by atoms with van der Waals surface area (Å²) >= 11 is 1.05. The second kappa shape index (κ2) is 8.45. The highest BCUT2D eigenvalue weighted by Gasteiger charge is 2.19. The van der Waals surface area contributed by atoms with Crippen LogP contribution in [0.3, 0.4) is 0 Å². The van der Waals surface area contributed by atoms with Crippen molar-refractivity contribution in [1.29, 1.82) is 0 Å². The number of halogens is 1. The molecule has 3 heterocycles. The van der Waals surface area contributed by atoms with Crippen molar-refractivity contribution in [3.05, 3.63) is 104 Å². The molecule has 2 aromatic carbocycles. The van der Waals surface area contributed by atoms with Gasteiger partial charge in [-0.2, -0.15) is 0 Å². The van der Waals surface area contributed by atoms with Crippen molar-refractivity contribution >= 4 is 49.3 Å². The van der Waals surface area contributed by atoms with Gasteiger partial charge in [-0.15, -0.1) is 0 Å². The molecule has 5 rings (SSSR count). The van der Waals surface area contributed by atoms with Gasteiger partial charge in [0.15, 0.2) is 5.13 Å². The van der Waals surface area contributed by atoms with Gasteiger partial charge >= 0.3 is 0 Å². The standard InChI is InChI=1S/C23H14FN5O4S/c24-17-6-2-1-4-14(17)12-28-20-13(5-3-9-25-20)10-16(22(28)31)21(30)27-23-26-18-8-7-15(29(32)33)11-19(18)34-23/h1-11H,12H2,(H,26,27,30). The lowest BCUT2D eigenvalue weighted by molar-refractivity contribution is -0.384. The Hall–Kier alpha value is -4.51. The van der Waals surface area contributed by atoms with Gasteiger partial charge < -0.3 is 0 Å². The van der Waals surface area contributed by atoms with Crippen molar-refractivity contribution in [1.82, 2.24) is 14.5 Å². The smallest absolute Gasteiger partial charge is 0.270 e. The molecule has 0 saturated carbocycles. The average Bonchev–Trinajstić information content (AvgIpc) is 3.23. The lowest BCUT2D eigenvalue weighted by Crippen LogP contribution is -2.30. The quantitative estimate of drug-likeness (QED) is 0.298. The van der Waals surface area contributed by atoms with E-state index in [0.29, 0.717) is 21.3 Å². The summed E-state index contributed by atoms with van der Waals surface area (Å²) in [7, 11) is 0. The molecule has 0 unspecified atom stereocenters. The first-order chi connectivity index (χ1) is 16.4. The number of nitro benzene ring substituents is 1. The molecule has 1 amide bonds. The number of amides is 1. The molecule has 34 heavy (non-hydrogen) atoms. The number of non-ortho nitro benzene ring substituents is 1. The maximum Gasteiger partial charge on any atom is 0.270 e. The first-order valence-corrected chi connectivity index (χ1v) is 10.8. The number of hydrogen-bond donors (Lipinski definition) is 1. The Kier molecular flexibility index (Phi) is 5.30. The molecule has 11 heteroatoms. The highest BCUT2D eigenvalue weighted by molar-refractivity contribution is 7.22. The third-order valence-corrected chi connectivity index (χ3v) is 6.12.